The van der Waals surface area contributed by atoms with Gasteiger partial charge in [0, 0.05) is 16.5 Å². The molecule has 0 unspecified atom stereocenters. The van der Waals surface area contributed by atoms with E-state index in [0.29, 0.717) is 11.0 Å². The standard InChI is InChI=1S/C20H12ClF3N2O3S/c21-15-8-7-13(20(22,23)24)11-16(15)25-19(27)12-6-9-18(17(10-12)26(28)29)30-14-4-2-1-3-5-14/h1-11H,(H,25,27). The van der Waals surface area contributed by atoms with Gasteiger partial charge in [-0.15, -0.1) is 0 Å². The number of benzene rings is 3. The molecule has 154 valence electrons. The summed E-state index contributed by atoms with van der Waals surface area (Å²) in [5.41, 5.74) is -1.62. The Kier molecular flexibility index (Phi) is 6.33. The number of amides is 1. The Morgan fingerprint density at radius 2 is 1.73 bits per heavy atom. The molecule has 3 aromatic carbocycles. The summed E-state index contributed by atoms with van der Waals surface area (Å²) >= 11 is 7.04. The first-order valence-electron chi connectivity index (χ1n) is 8.34. The van der Waals surface area contributed by atoms with Gasteiger partial charge in [-0.1, -0.05) is 41.6 Å². The van der Waals surface area contributed by atoms with Gasteiger partial charge in [0.05, 0.1) is 26.1 Å². The van der Waals surface area contributed by atoms with E-state index >= 15 is 0 Å². The van der Waals surface area contributed by atoms with Crippen LogP contribution in [-0.4, -0.2) is 10.8 Å². The fraction of sp³-hybridized carbons (Fsp3) is 0.0500. The Morgan fingerprint density at radius 1 is 1.03 bits per heavy atom. The van der Waals surface area contributed by atoms with Gasteiger partial charge in [0.1, 0.15) is 0 Å². The van der Waals surface area contributed by atoms with Crippen LogP contribution >= 0.6 is 23.4 Å². The lowest BCUT2D eigenvalue weighted by molar-refractivity contribution is -0.387. The highest BCUT2D eigenvalue weighted by Gasteiger charge is 2.31. The van der Waals surface area contributed by atoms with Crippen LogP contribution in [0.5, 0.6) is 0 Å². The van der Waals surface area contributed by atoms with E-state index in [9.17, 15) is 28.1 Å². The molecule has 0 radical (unpaired) electrons. The molecule has 0 fully saturated rings. The topological polar surface area (TPSA) is 72.2 Å². The number of nitro benzene ring substituents is 1. The summed E-state index contributed by atoms with van der Waals surface area (Å²) in [5, 5.41) is 13.6. The van der Waals surface area contributed by atoms with Crippen LogP contribution in [-0.2, 0) is 6.18 Å². The van der Waals surface area contributed by atoms with Crippen LogP contribution in [0.2, 0.25) is 5.02 Å². The highest BCUT2D eigenvalue weighted by atomic mass is 35.5. The maximum atomic E-state index is 12.9. The minimum absolute atomic E-state index is 0.0902. The molecular weight excluding hydrogens is 441 g/mol. The molecule has 1 N–H and O–H groups in total. The minimum atomic E-state index is -4.61. The fourth-order valence-corrected chi connectivity index (χ4v) is 3.58. The van der Waals surface area contributed by atoms with Crippen molar-refractivity contribution in [3.05, 3.63) is 93.0 Å². The van der Waals surface area contributed by atoms with E-state index in [2.05, 4.69) is 5.32 Å². The zero-order chi connectivity index (χ0) is 21.9. The largest absolute Gasteiger partial charge is 0.416 e. The van der Waals surface area contributed by atoms with Gasteiger partial charge in [0.15, 0.2) is 0 Å². The van der Waals surface area contributed by atoms with Crippen LogP contribution in [0.15, 0.2) is 76.5 Å². The molecule has 0 aliphatic carbocycles. The van der Waals surface area contributed by atoms with Gasteiger partial charge in [0.25, 0.3) is 11.6 Å². The van der Waals surface area contributed by atoms with Crippen LogP contribution < -0.4 is 5.32 Å². The molecule has 0 heterocycles. The number of hydrogen-bond donors (Lipinski definition) is 1. The van der Waals surface area contributed by atoms with E-state index in [-0.39, 0.29) is 22.0 Å². The van der Waals surface area contributed by atoms with Crippen molar-refractivity contribution in [3.63, 3.8) is 0 Å². The monoisotopic (exact) mass is 452 g/mol. The van der Waals surface area contributed by atoms with Crippen molar-refractivity contribution in [3.8, 4) is 0 Å². The van der Waals surface area contributed by atoms with E-state index < -0.39 is 22.6 Å². The SMILES string of the molecule is O=C(Nc1cc(C(F)(F)F)ccc1Cl)c1ccc(Sc2ccccc2)c([N+](=O)[O-])c1. The Balaban J connectivity index is 1.88. The van der Waals surface area contributed by atoms with Crippen LogP contribution in [0.1, 0.15) is 15.9 Å². The molecule has 0 bridgehead atoms. The number of carbonyl (C=O) groups is 1. The fourth-order valence-electron chi connectivity index (χ4n) is 2.49. The van der Waals surface area contributed by atoms with Crippen LogP contribution in [0.25, 0.3) is 0 Å². The lowest BCUT2D eigenvalue weighted by atomic mass is 10.1. The number of alkyl halides is 3. The quantitative estimate of drug-likeness (QED) is 0.346. The number of rotatable bonds is 5. The summed E-state index contributed by atoms with van der Waals surface area (Å²) in [6.45, 7) is 0. The normalized spacial score (nSPS) is 11.2. The Bertz CT molecular complexity index is 1110. The van der Waals surface area contributed by atoms with Crippen molar-refractivity contribution in [2.45, 2.75) is 16.0 Å². The highest BCUT2D eigenvalue weighted by Crippen LogP contribution is 2.36. The van der Waals surface area contributed by atoms with Gasteiger partial charge in [-0.3, -0.25) is 14.9 Å². The molecule has 0 atom stereocenters. The van der Waals surface area contributed by atoms with Gasteiger partial charge in [-0.05, 0) is 42.5 Å². The molecule has 5 nitrogen and oxygen atoms in total. The van der Waals surface area contributed by atoms with Gasteiger partial charge in [0.2, 0.25) is 0 Å². The van der Waals surface area contributed by atoms with Crippen LogP contribution in [0.3, 0.4) is 0 Å². The van der Waals surface area contributed by atoms with E-state index in [1.807, 2.05) is 6.07 Å². The molecule has 30 heavy (non-hydrogen) atoms. The third-order valence-electron chi connectivity index (χ3n) is 3.93. The average molecular weight is 453 g/mol. The van der Waals surface area contributed by atoms with Crippen molar-refractivity contribution in [1.82, 2.24) is 0 Å². The second-order valence-electron chi connectivity index (χ2n) is 6.00. The number of nitrogens with one attached hydrogen (secondary N) is 1. The highest BCUT2D eigenvalue weighted by molar-refractivity contribution is 7.99. The number of halogens is 4. The van der Waals surface area contributed by atoms with Crippen molar-refractivity contribution < 1.29 is 22.9 Å². The van der Waals surface area contributed by atoms with E-state index in [4.69, 9.17) is 11.6 Å². The zero-order valence-electron chi connectivity index (χ0n) is 14.9. The Hall–Kier alpha value is -3.04. The molecule has 0 saturated carbocycles. The van der Waals surface area contributed by atoms with Crippen LogP contribution in [0, 0.1) is 10.1 Å². The number of nitro groups is 1. The maximum Gasteiger partial charge on any atom is 0.416 e. The van der Waals surface area contributed by atoms with Crippen molar-refractivity contribution >= 4 is 40.6 Å². The molecule has 0 saturated heterocycles. The molecule has 0 aliphatic heterocycles. The smallest absolute Gasteiger partial charge is 0.321 e. The molecule has 0 aliphatic rings. The van der Waals surface area contributed by atoms with Crippen molar-refractivity contribution in [2.75, 3.05) is 5.32 Å². The molecule has 10 heteroatoms. The van der Waals surface area contributed by atoms with Crippen LogP contribution in [0.4, 0.5) is 24.5 Å². The molecule has 3 rings (SSSR count). The molecule has 0 spiro atoms. The molecular formula is C20H12ClF3N2O3S. The number of carbonyl (C=O) groups excluding carboxylic acids is 1. The summed E-state index contributed by atoms with van der Waals surface area (Å²) in [6, 6.07) is 15.3. The lowest BCUT2D eigenvalue weighted by Gasteiger charge is -2.12. The zero-order valence-corrected chi connectivity index (χ0v) is 16.5. The first-order valence-corrected chi connectivity index (χ1v) is 9.54. The van der Waals surface area contributed by atoms with E-state index in [1.165, 1.54) is 12.1 Å². The number of anilines is 1. The summed E-state index contributed by atoms with van der Waals surface area (Å²) < 4.78 is 38.7. The first-order chi connectivity index (χ1) is 14.1. The van der Waals surface area contributed by atoms with Gasteiger partial charge >= 0.3 is 6.18 Å². The van der Waals surface area contributed by atoms with Crippen molar-refractivity contribution in [2.24, 2.45) is 0 Å². The van der Waals surface area contributed by atoms with Gasteiger partial charge in [-0.2, -0.15) is 13.2 Å². The van der Waals surface area contributed by atoms with E-state index in [0.717, 1.165) is 34.9 Å². The number of hydrogen-bond acceptors (Lipinski definition) is 4. The van der Waals surface area contributed by atoms with Crippen molar-refractivity contribution in [1.29, 1.82) is 0 Å². The third-order valence-corrected chi connectivity index (χ3v) is 5.33. The first kappa shape index (κ1) is 21.7. The van der Waals surface area contributed by atoms with Gasteiger partial charge < -0.3 is 5.32 Å². The maximum absolute atomic E-state index is 12.9. The second kappa shape index (κ2) is 8.76. The lowest BCUT2D eigenvalue weighted by Crippen LogP contribution is -2.14. The summed E-state index contributed by atoms with van der Waals surface area (Å²) in [6.07, 6.45) is -4.61. The van der Waals surface area contributed by atoms with E-state index in [1.54, 1.807) is 24.3 Å². The Labute approximate surface area is 178 Å². The molecule has 0 aromatic heterocycles. The minimum Gasteiger partial charge on any atom is -0.321 e. The average Bonchev–Trinajstić information content (AvgIpc) is 2.69. The van der Waals surface area contributed by atoms with Gasteiger partial charge in [-0.25, -0.2) is 0 Å². The second-order valence-corrected chi connectivity index (χ2v) is 7.52. The summed E-state index contributed by atoms with van der Waals surface area (Å²) in [7, 11) is 0. The molecule has 3 aromatic rings. The molecule has 1 amide bonds. The summed E-state index contributed by atoms with van der Waals surface area (Å²) in [5.74, 6) is -0.824. The predicted octanol–water partition coefficient (Wildman–Crippen LogP) is 6.67. The Morgan fingerprint density at radius 3 is 2.37 bits per heavy atom. The third kappa shape index (κ3) is 5.11. The summed E-state index contributed by atoms with van der Waals surface area (Å²) in [4.78, 5) is 24.4. The number of nitrogens with zero attached hydrogens (tertiary/aromatic N) is 1. The predicted molar refractivity (Wildman–Crippen MR) is 108 cm³/mol.